The maximum absolute atomic E-state index is 14.3. The van der Waals surface area contributed by atoms with Crippen molar-refractivity contribution < 1.29 is 18.0 Å². The van der Waals surface area contributed by atoms with Crippen LogP contribution in [-0.4, -0.2) is 43.8 Å². The van der Waals surface area contributed by atoms with Gasteiger partial charge in [-0.05, 0) is 61.2 Å². The molecule has 230 valence electrons. The average molecular weight is 686 g/mol. The summed E-state index contributed by atoms with van der Waals surface area (Å²) in [5.74, 6) is -0.918. The van der Waals surface area contributed by atoms with Crippen LogP contribution in [0, 0.1) is 0 Å². The third-order valence-corrected chi connectivity index (χ3v) is 10.7. The smallest absolute Gasteiger partial charge is 0.264 e. The number of benzene rings is 3. The highest BCUT2D eigenvalue weighted by atomic mass is 35.5. The molecule has 0 bridgehead atoms. The molecule has 43 heavy (non-hydrogen) atoms. The monoisotopic (exact) mass is 683 g/mol. The van der Waals surface area contributed by atoms with E-state index in [2.05, 4.69) is 5.32 Å². The molecule has 0 saturated heterocycles. The lowest BCUT2D eigenvalue weighted by molar-refractivity contribution is -0.140. The second-order valence-electron chi connectivity index (χ2n) is 10.4. The minimum atomic E-state index is -4.29. The summed E-state index contributed by atoms with van der Waals surface area (Å²) in [7, 11) is -4.29. The van der Waals surface area contributed by atoms with Crippen LogP contribution in [0.1, 0.15) is 51.0 Å². The third kappa shape index (κ3) is 8.17. The number of sulfonamides is 1. The Morgan fingerprint density at radius 3 is 2.26 bits per heavy atom. The SMILES string of the molecule is CC[C@H](C(=O)NC1CCCCC1)N(Cc1ccc(Cl)cc1Cl)C(=O)CN(c1cccc(Cl)c1Cl)S(=O)(=O)c1ccccc1. The topological polar surface area (TPSA) is 86.8 Å². The van der Waals surface area contributed by atoms with Crippen LogP contribution in [0.15, 0.2) is 71.6 Å². The number of nitrogens with one attached hydrogen (secondary N) is 1. The summed E-state index contributed by atoms with van der Waals surface area (Å²) in [5.41, 5.74) is 0.595. The summed E-state index contributed by atoms with van der Waals surface area (Å²) in [6.07, 6.45) is 5.21. The first kappa shape index (κ1) is 33.4. The molecule has 0 heterocycles. The fourth-order valence-corrected chi connectivity index (χ4v) is 7.58. The number of hydrogen-bond acceptors (Lipinski definition) is 4. The van der Waals surface area contributed by atoms with E-state index in [1.54, 1.807) is 49.4 Å². The van der Waals surface area contributed by atoms with Crippen molar-refractivity contribution in [3.05, 3.63) is 92.4 Å². The summed E-state index contributed by atoms with van der Waals surface area (Å²) < 4.78 is 28.9. The fraction of sp³-hybridized carbons (Fsp3) is 0.355. The van der Waals surface area contributed by atoms with Crippen LogP contribution in [0.4, 0.5) is 5.69 Å². The van der Waals surface area contributed by atoms with Gasteiger partial charge in [-0.2, -0.15) is 0 Å². The van der Waals surface area contributed by atoms with Gasteiger partial charge in [0, 0.05) is 22.6 Å². The van der Waals surface area contributed by atoms with Gasteiger partial charge in [-0.25, -0.2) is 8.42 Å². The summed E-state index contributed by atoms with van der Waals surface area (Å²) in [4.78, 5) is 29.3. The lowest BCUT2D eigenvalue weighted by atomic mass is 9.95. The molecule has 7 nitrogen and oxygen atoms in total. The number of anilines is 1. The van der Waals surface area contributed by atoms with E-state index in [0.29, 0.717) is 22.0 Å². The molecule has 0 radical (unpaired) electrons. The number of amides is 2. The lowest BCUT2D eigenvalue weighted by Crippen LogP contribution is -2.54. The van der Waals surface area contributed by atoms with Crippen molar-refractivity contribution in [1.82, 2.24) is 10.2 Å². The van der Waals surface area contributed by atoms with Gasteiger partial charge in [-0.3, -0.25) is 13.9 Å². The number of hydrogen-bond donors (Lipinski definition) is 1. The largest absolute Gasteiger partial charge is 0.352 e. The second-order valence-corrected chi connectivity index (χ2v) is 13.9. The summed E-state index contributed by atoms with van der Waals surface area (Å²) in [6, 6.07) is 16.3. The summed E-state index contributed by atoms with van der Waals surface area (Å²) in [5, 5.41) is 3.96. The zero-order valence-corrected chi connectivity index (χ0v) is 27.5. The molecule has 0 aliphatic heterocycles. The number of rotatable bonds is 11. The van der Waals surface area contributed by atoms with Crippen LogP contribution in [0.3, 0.4) is 0 Å². The van der Waals surface area contributed by atoms with Crippen LogP contribution in [0.25, 0.3) is 0 Å². The van der Waals surface area contributed by atoms with E-state index in [9.17, 15) is 18.0 Å². The van der Waals surface area contributed by atoms with E-state index in [4.69, 9.17) is 46.4 Å². The normalized spacial score (nSPS) is 14.6. The van der Waals surface area contributed by atoms with Crippen molar-refractivity contribution in [2.45, 2.75) is 69.0 Å². The molecule has 12 heteroatoms. The fourth-order valence-electron chi connectivity index (χ4n) is 5.22. The standard InChI is InChI=1S/C31H33Cl4N3O4S/c1-2-27(31(40)36-23-10-5-3-6-11-23)37(19-21-16-17-22(32)18-26(21)34)29(39)20-38(28-15-9-14-25(33)30(28)35)43(41,42)24-12-7-4-8-13-24/h4,7-9,12-18,23,27H,2-3,5-6,10-11,19-20H2,1H3,(H,36,40)/t27-/m1/s1. The molecule has 1 aliphatic rings. The van der Waals surface area contributed by atoms with E-state index in [1.165, 1.54) is 29.2 Å². The highest BCUT2D eigenvalue weighted by molar-refractivity contribution is 7.92. The molecule has 0 unspecified atom stereocenters. The van der Waals surface area contributed by atoms with E-state index < -0.39 is 28.5 Å². The van der Waals surface area contributed by atoms with Crippen molar-refractivity contribution in [2.24, 2.45) is 0 Å². The van der Waals surface area contributed by atoms with Crippen LogP contribution in [0.5, 0.6) is 0 Å². The van der Waals surface area contributed by atoms with Crippen LogP contribution < -0.4 is 9.62 Å². The highest BCUT2D eigenvalue weighted by Gasteiger charge is 2.35. The van der Waals surface area contributed by atoms with Crippen molar-refractivity contribution in [2.75, 3.05) is 10.8 Å². The number of halogens is 4. The molecule has 1 N–H and O–H groups in total. The molecule has 1 fully saturated rings. The molecule has 0 aromatic heterocycles. The first-order valence-electron chi connectivity index (χ1n) is 14.1. The predicted molar refractivity (Wildman–Crippen MR) is 174 cm³/mol. The maximum atomic E-state index is 14.3. The van der Waals surface area contributed by atoms with Gasteiger partial charge in [0.1, 0.15) is 12.6 Å². The Balaban J connectivity index is 1.75. The van der Waals surface area contributed by atoms with Gasteiger partial charge in [0.05, 0.1) is 20.6 Å². The van der Waals surface area contributed by atoms with Crippen molar-refractivity contribution in [3.63, 3.8) is 0 Å². The van der Waals surface area contributed by atoms with Gasteiger partial charge in [-0.15, -0.1) is 0 Å². The van der Waals surface area contributed by atoms with Crippen LogP contribution in [0.2, 0.25) is 20.1 Å². The molecular weight excluding hydrogens is 652 g/mol. The first-order valence-corrected chi connectivity index (χ1v) is 17.0. The number of carbonyl (C=O) groups is 2. The second kappa shape index (κ2) is 15.0. The molecule has 2 amide bonds. The zero-order chi connectivity index (χ0) is 31.1. The molecule has 0 spiro atoms. The van der Waals surface area contributed by atoms with Crippen LogP contribution >= 0.6 is 46.4 Å². The predicted octanol–water partition coefficient (Wildman–Crippen LogP) is 7.75. The number of carbonyl (C=O) groups excluding carboxylic acids is 2. The Kier molecular flexibility index (Phi) is 11.6. The minimum absolute atomic E-state index is 0.0200. The van der Waals surface area contributed by atoms with E-state index in [1.807, 2.05) is 0 Å². The quantitative estimate of drug-likeness (QED) is 0.224. The van der Waals surface area contributed by atoms with Gasteiger partial charge in [0.2, 0.25) is 11.8 Å². The zero-order valence-electron chi connectivity index (χ0n) is 23.6. The van der Waals surface area contributed by atoms with E-state index in [0.717, 1.165) is 36.4 Å². The molecule has 1 aliphatic carbocycles. The third-order valence-electron chi connectivity index (χ3n) is 7.50. The van der Waals surface area contributed by atoms with Gasteiger partial charge < -0.3 is 10.2 Å². The summed E-state index contributed by atoms with van der Waals surface area (Å²) >= 11 is 25.4. The van der Waals surface area contributed by atoms with E-state index in [-0.39, 0.29) is 39.1 Å². The molecular formula is C31H33Cl4N3O4S. The lowest BCUT2D eigenvalue weighted by Gasteiger charge is -2.34. The Morgan fingerprint density at radius 1 is 0.907 bits per heavy atom. The molecule has 3 aromatic carbocycles. The van der Waals surface area contributed by atoms with Gasteiger partial charge in [-0.1, -0.05) is 103 Å². The summed E-state index contributed by atoms with van der Waals surface area (Å²) in [6.45, 7) is 1.12. The van der Waals surface area contributed by atoms with Crippen molar-refractivity contribution >= 4 is 73.9 Å². The first-order chi connectivity index (χ1) is 20.5. The highest BCUT2D eigenvalue weighted by Crippen LogP contribution is 2.36. The van der Waals surface area contributed by atoms with Gasteiger partial charge in [0.25, 0.3) is 10.0 Å². The van der Waals surface area contributed by atoms with Gasteiger partial charge in [0.15, 0.2) is 0 Å². The average Bonchev–Trinajstić information content (AvgIpc) is 2.99. The van der Waals surface area contributed by atoms with Crippen molar-refractivity contribution in [1.29, 1.82) is 0 Å². The minimum Gasteiger partial charge on any atom is -0.352 e. The Morgan fingerprint density at radius 2 is 1.60 bits per heavy atom. The Bertz CT molecular complexity index is 1550. The molecule has 1 saturated carbocycles. The van der Waals surface area contributed by atoms with Crippen molar-refractivity contribution in [3.8, 4) is 0 Å². The van der Waals surface area contributed by atoms with Crippen LogP contribution in [-0.2, 0) is 26.2 Å². The molecule has 3 aromatic rings. The van der Waals surface area contributed by atoms with E-state index >= 15 is 0 Å². The Hall–Kier alpha value is -2.49. The molecule has 1 atom stereocenters. The molecule has 4 rings (SSSR count). The maximum Gasteiger partial charge on any atom is 0.264 e. The number of nitrogens with zero attached hydrogens (tertiary/aromatic N) is 2. The van der Waals surface area contributed by atoms with Gasteiger partial charge >= 0.3 is 0 Å². The Labute approximate surface area is 273 Å².